The number of carbonyl (C=O) groups is 1. The number of H-pyrrole nitrogens is 2. The Morgan fingerprint density at radius 2 is 2.28 bits per heavy atom. The molecule has 0 saturated carbocycles. The molecule has 18 heavy (non-hydrogen) atoms. The summed E-state index contributed by atoms with van der Waals surface area (Å²) in [6.45, 7) is 1.16. The summed E-state index contributed by atoms with van der Waals surface area (Å²) < 4.78 is 1.73. The van der Waals surface area contributed by atoms with E-state index in [1.807, 2.05) is 0 Å². The quantitative estimate of drug-likeness (QED) is 0.708. The van der Waals surface area contributed by atoms with E-state index in [-0.39, 0.29) is 11.5 Å². The number of aromatic amines is 2. The number of amides is 1. The van der Waals surface area contributed by atoms with Crippen LogP contribution in [0.5, 0.6) is 0 Å². The molecule has 0 spiro atoms. The predicted molar refractivity (Wildman–Crippen MR) is 64.2 cm³/mol. The van der Waals surface area contributed by atoms with Crippen LogP contribution in [0.1, 0.15) is 5.69 Å². The van der Waals surface area contributed by atoms with Gasteiger partial charge in [0, 0.05) is 0 Å². The van der Waals surface area contributed by atoms with Crippen LogP contribution in [0.15, 0.2) is 15.9 Å². The van der Waals surface area contributed by atoms with Crippen molar-refractivity contribution in [3.8, 4) is 0 Å². The van der Waals surface area contributed by atoms with Crippen LogP contribution in [0.2, 0.25) is 0 Å². The van der Waals surface area contributed by atoms with Crippen molar-refractivity contribution in [3.63, 3.8) is 0 Å². The van der Waals surface area contributed by atoms with Crippen molar-refractivity contribution < 1.29 is 21.8 Å². The van der Waals surface area contributed by atoms with E-state index in [2.05, 4.69) is 38.2 Å². The Morgan fingerprint density at radius 3 is 2.89 bits per heavy atom. The maximum absolute atomic E-state index is 12.0. The third-order valence-corrected chi connectivity index (χ3v) is 2.79. The second-order valence-electron chi connectivity index (χ2n) is 3.77. The van der Waals surface area contributed by atoms with Crippen LogP contribution in [0.25, 0.3) is 5.57 Å². The summed E-state index contributed by atoms with van der Waals surface area (Å²) >= 11 is 2.28. The molecule has 0 aromatic carbocycles. The molecule has 1 aliphatic rings. The molecular weight excluding hydrogens is 271 g/mol. The molecule has 0 aliphatic carbocycles. The topological polar surface area (TPSA) is 81.3 Å². The van der Waals surface area contributed by atoms with E-state index < -0.39 is 0 Å². The molecule has 0 bridgehead atoms. The van der Waals surface area contributed by atoms with Crippen molar-refractivity contribution in [1.29, 1.82) is 0 Å². The molecular formula is C11H11N4O2V-. The minimum atomic E-state index is -0.362. The van der Waals surface area contributed by atoms with Gasteiger partial charge in [-0.3, -0.25) is 0 Å². The third kappa shape index (κ3) is 2.44. The van der Waals surface area contributed by atoms with E-state index in [0.717, 1.165) is 0 Å². The van der Waals surface area contributed by atoms with Crippen molar-refractivity contribution >= 4 is 21.9 Å². The molecule has 2 rings (SSSR count). The van der Waals surface area contributed by atoms with E-state index in [1.165, 1.54) is 0 Å². The number of aromatic nitrogens is 2. The number of rotatable bonds is 3. The molecule has 1 aromatic rings. The van der Waals surface area contributed by atoms with Gasteiger partial charge in [-0.25, -0.2) is 0 Å². The summed E-state index contributed by atoms with van der Waals surface area (Å²) in [6.07, 6.45) is 1.71. The molecule has 6 nitrogen and oxygen atoms in total. The standard InChI is InChI=1S/C11H11N4O2.V/c1-3-7(8-6-9(16)14-13-8)10-11(17)15(2)5-4-12-10;/h1,3H,4-5H2,2H3,(H2,13,14,16);/q-1;/b7-3+;. The fourth-order valence-corrected chi connectivity index (χ4v) is 1.88. The molecule has 2 heterocycles. The van der Waals surface area contributed by atoms with Crippen molar-refractivity contribution in [1.82, 2.24) is 15.1 Å². The average Bonchev–Trinajstić information content (AvgIpc) is 2.77. The molecule has 0 fully saturated rings. The first-order valence-electron chi connectivity index (χ1n) is 5.32. The van der Waals surface area contributed by atoms with E-state index in [1.54, 1.807) is 22.8 Å². The number of nitrogens with zero attached hydrogens (tertiary/aromatic N) is 2. The van der Waals surface area contributed by atoms with Crippen molar-refractivity contribution in [2.75, 3.05) is 20.1 Å². The monoisotopic (exact) mass is 282 g/mol. The van der Waals surface area contributed by atoms with Crippen LogP contribution in [0.3, 0.4) is 0 Å². The summed E-state index contributed by atoms with van der Waals surface area (Å²) in [6, 6.07) is 2.58. The fourth-order valence-electron chi connectivity index (χ4n) is 1.65. The number of nitrogens with one attached hydrogen (secondary N) is 2. The number of allylic oxidation sites excluding steroid dienone is 1. The molecule has 1 aromatic heterocycles. The average molecular weight is 282 g/mol. The minimum absolute atomic E-state index is 0.155. The van der Waals surface area contributed by atoms with Gasteiger partial charge in [-0.2, -0.15) is 0 Å². The normalized spacial score (nSPS) is 16.7. The summed E-state index contributed by atoms with van der Waals surface area (Å²) in [7, 11) is 1.73. The van der Waals surface area contributed by atoms with Crippen LogP contribution in [-0.4, -0.2) is 51.6 Å². The van der Waals surface area contributed by atoms with Gasteiger partial charge in [0.1, 0.15) is 0 Å². The summed E-state index contributed by atoms with van der Waals surface area (Å²) in [5.74, 6) is -0.155. The number of hydrogen-bond donors (Lipinski definition) is 2. The van der Waals surface area contributed by atoms with Gasteiger partial charge in [-0.1, -0.05) is 0 Å². The van der Waals surface area contributed by atoms with Gasteiger partial charge in [0.15, 0.2) is 0 Å². The second-order valence-corrected chi connectivity index (χ2v) is 4.23. The zero-order valence-electron chi connectivity index (χ0n) is 9.73. The van der Waals surface area contributed by atoms with Gasteiger partial charge >= 0.3 is 112 Å². The number of hydrogen-bond acceptors (Lipinski definition) is 3. The molecule has 93 valence electrons. The van der Waals surface area contributed by atoms with Crippen LogP contribution in [0, 0.1) is 6.07 Å². The van der Waals surface area contributed by atoms with Crippen molar-refractivity contribution in [2.24, 2.45) is 4.99 Å². The Hall–Kier alpha value is -1.66. The SMILES string of the molecule is CN1CCN=C(/C(=C/[CH]=[V])c2[c-]c(=O)[nH][nH]2)C1=O. The Labute approximate surface area is 112 Å². The Bertz CT molecular complexity index is 596. The van der Waals surface area contributed by atoms with E-state index in [0.29, 0.717) is 30.1 Å². The first kappa shape index (κ1) is 12.8. The van der Waals surface area contributed by atoms with Crippen LogP contribution in [-0.2, 0) is 21.8 Å². The van der Waals surface area contributed by atoms with Crippen molar-refractivity contribution in [3.05, 3.63) is 28.2 Å². The molecule has 1 amide bonds. The van der Waals surface area contributed by atoms with E-state index in [4.69, 9.17) is 0 Å². The van der Waals surface area contributed by atoms with Crippen molar-refractivity contribution in [2.45, 2.75) is 0 Å². The molecule has 2 N–H and O–H groups in total. The van der Waals surface area contributed by atoms with Gasteiger partial charge in [0.2, 0.25) is 0 Å². The van der Waals surface area contributed by atoms with Crippen LogP contribution < -0.4 is 5.56 Å². The van der Waals surface area contributed by atoms with Gasteiger partial charge in [0.05, 0.1) is 0 Å². The molecule has 0 unspecified atom stereocenters. The van der Waals surface area contributed by atoms with Crippen LogP contribution >= 0.6 is 0 Å². The zero-order chi connectivity index (χ0) is 13.1. The Balaban J connectivity index is 2.47. The first-order valence-corrected chi connectivity index (χ1v) is 6.12. The summed E-state index contributed by atoms with van der Waals surface area (Å²) in [4.78, 5) is 29.0. The molecule has 0 saturated heterocycles. The zero-order valence-corrected chi connectivity index (χ0v) is 11.1. The molecule has 0 atom stereocenters. The van der Waals surface area contributed by atoms with Gasteiger partial charge in [-0.15, -0.1) is 0 Å². The third-order valence-electron chi connectivity index (χ3n) is 2.56. The van der Waals surface area contributed by atoms with Gasteiger partial charge in [0.25, 0.3) is 0 Å². The first-order chi connectivity index (χ1) is 8.63. The molecule has 7 heteroatoms. The fraction of sp³-hybridized carbons (Fsp3) is 0.273. The van der Waals surface area contributed by atoms with E-state index in [9.17, 15) is 9.59 Å². The van der Waals surface area contributed by atoms with E-state index >= 15 is 0 Å². The predicted octanol–water partition coefficient (Wildman–Crippen LogP) is -0.851. The summed E-state index contributed by atoms with van der Waals surface area (Å²) in [5.41, 5.74) is 0.978. The number of carbonyl (C=O) groups excluding carboxylic acids is 1. The van der Waals surface area contributed by atoms with Gasteiger partial charge in [-0.05, 0) is 0 Å². The maximum atomic E-state index is 12.0. The summed E-state index contributed by atoms with van der Waals surface area (Å²) in [5, 5.41) is 5.08. The molecule has 0 radical (unpaired) electrons. The Morgan fingerprint density at radius 1 is 1.50 bits per heavy atom. The van der Waals surface area contributed by atoms with Gasteiger partial charge < -0.3 is 0 Å². The second kappa shape index (κ2) is 5.33. The number of aliphatic imine (C=N–C) groups is 1. The Kier molecular flexibility index (Phi) is 3.79. The molecule has 1 aliphatic heterocycles. The van der Waals surface area contributed by atoms with Crippen LogP contribution in [0.4, 0.5) is 0 Å². The number of likely N-dealkylation sites (N-methyl/N-ethyl adjacent to an activating group) is 1.